The molecule has 82 valence electrons. The first-order chi connectivity index (χ1) is 7.06. The number of primary amides is 1. The molecular formula is C8H10Cl2N4O. The number of hydrogen-bond acceptors (Lipinski definition) is 3. The summed E-state index contributed by atoms with van der Waals surface area (Å²) >= 11 is 11.7. The molecule has 0 aliphatic carbocycles. The third kappa shape index (κ3) is 2.87. The molecule has 0 bridgehead atoms. The molecule has 0 saturated carbocycles. The van der Waals surface area contributed by atoms with Gasteiger partial charge in [0.05, 0.1) is 15.7 Å². The minimum absolute atomic E-state index is 0.321. The van der Waals surface area contributed by atoms with Crippen LogP contribution in [0.4, 0.5) is 10.5 Å². The van der Waals surface area contributed by atoms with E-state index in [1.54, 1.807) is 6.92 Å². The lowest BCUT2D eigenvalue weighted by molar-refractivity contribution is 0.220. The topological polar surface area (TPSA) is 71.2 Å². The highest BCUT2D eigenvalue weighted by molar-refractivity contribution is 6.38. The summed E-state index contributed by atoms with van der Waals surface area (Å²) in [7, 11) is 0. The number of aromatic nitrogens is 1. The van der Waals surface area contributed by atoms with Gasteiger partial charge in [-0.2, -0.15) is 0 Å². The maximum Gasteiger partial charge on any atom is 0.333 e. The number of rotatable bonds is 3. The van der Waals surface area contributed by atoms with Crippen LogP contribution in [0.15, 0.2) is 12.4 Å². The van der Waals surface area contributed by atoms with Crippen molar-refractivity contribution in [2.45, 2.75) is 6.92 Å². The Hall–Kier alpha value is -1.20. The van der Waals surface area contributed by atoms with Crippen molar-refractivity contribution in [3.05, 3.63) is 22.4 Å². The Kier molecular flexibility index (Phi) is 3.99. The first-order valence-electron chi connectivity index (χ1n) is 4.19. The summed E-state index contributed by atoms with van der Waals surface area (Å²) in [5.74, 6) is 0. The molecule has 0 atom stereocenters. The number of nitrogens with one attached hydrogen (secondary N) is 1. The van der Waals surface area contributed by atoms with Gasteiger partial charge in [0.15, 0.2) is 0 Å². The average Bonchev–Trinajstić information content (AvgIpc) is 2.17. The molecule has 1 aromatic heterocycles. The number of carbonyl (C=O) groups is 1. The SMILES string of the molecule is CCN(Nc1c(Cl)cncc1Cl)C(N)=O. The van der Waals surface area contributed by atoms with E-state index in [0.29, 0.717) is 22.3 Å². The van der Waals surface area contributed by atoms with Crippen LogP contribution in [0.2, 0.25) is 10.0 Å². The molecule has 1 rings (SSSR count). The number of nitrogens with zero attached hydrogens (tertiary/aromatic N) is 2. The van der Waals surface area contributed by atoms with Crippen LogP contribution in [0.25, 0.3) is 0 Å². The number of carbonyl (C=O) groups excluding carboxylic acids is 1. The summed E-state index contributed by atoms with van der Waals surface area (Å²) in [4.78, 5) is 14.7. The molecule has 0 aromatic carbocycles. The van der Waals surface area contributed by atoms with Crippen molar-refractivity contribution in [2.24, 2.45) is 5.73 Å². The lowest BCUT2D eigenvalue weighted by Crippen LogP contribution is -2.40. The van der Waals surface area contributed by atoms with E-state index < -0.39 is 6.03 Å². The highest BCUT2D eigenvalue weighted by atomic mass is 35.5. The maximum absolute atomic E-state index is 10.9. The summed E-state index contributed by atoms with van der Waals surface area (Å²) in [6.45, 7) is 2.16. The second kappa shape index (κ2) is 5.04. The van der Waals surface area contributed by atoms with Crippen molar-refractivity contribution >= 4 is 34.9 Å². The van der Waals surface area contributed by atoms with Crippen molar-refractivity contribution in [3.63, 3.8) is 0 Å². The second-order valence-corrected chi connectivity index (χ2v) is 3.49. The normalized spacial score (nSPS) is 9.80. The Bertz CT molecular complexity index is 351. The average molecular weight is 249 g/mol. The number of nitrogens with two attached hydrogens (primary N) is 1. The van der Waals surface area contributed by atoms with Crippen molar-refractivity contribution in [2.75, 3.05) is 12.0 Å². The molecule has 3 N–H and O–H groups in total. The first kappa shape index (κ1) is 11.9. The molecule has 2 amide bonds. The van der Waals surface area contributed by atoms with Crippen LogP contribution in [0, 0.1) is 0 Å². The largest absolute Gasteiger partial charge is 0.350 e. The van der Waals surface area contributed by atoms with Gasteiger partial charge in [0.1, 0.15) is 0 Å². The zero-order valence-corrected chi connectivity index (χ0v) is 9.51. The van der Waals surface area contributed by atoms with Gasteiger partial charge < -0.3 is 5.73 Å². The Balaban J connectivity index is 2.92. The minimum atomic E-state index is -0.610. The van der Waals surface area contributed by atoms with Gasteiger partial charge in [-0.15, -0.1) is 0 Å². The van der Waals surface area contributed by atoms with Crippen molar-refractivity contribution in [1.82, 2.24) is 9.99 Å². The second-order valence-electron chi connectivity index (χ2n) is 2.67. The van der Waals surface area contributed by atoms with Gasteiger partial charge in [-0.1, -0.05) is 23.2 Å². The lowest BCUT2D eigenvalue weighted by atomic mass is 10.4. The Morgan fingerprint density at radius 3 is 2.47 bits per heavy atom. The number of hydrogen-bond donors (Lipinski definition) is 2. The molecule has 0 aliphatic rings. The number of anilines is 1. The maximum atomic E-state index is 10.9. The smallest absolute Gasteiger partial charge is 0.333 e. The van der Waals surface area contributed by atoms with E-state index in [1.165, 1.54) is 17.4 Å². The summed E-state index contributed by atoms with van der Waals surface area (Å²) in [5, 5.41) is 1.83. The molecule has 0 radical (unpaired) electrons. The fourth-order valence-corrected chi connectivity index (χ4v) is 1.39. The van der Waals surface area contributed by atoms with Crippen molar-refractivity contribution in [3.8, 4) is 0 Å². The lowest BCUT2D eigenvalue weighted by Gasteiger charge is -2.21. The molecule has 0 spiro atoms. The van der Waals surface area contributed by atoms with E-state index in [0.717, 1.165) is 0 Å². The summed E-state index contributed by atoms with van der Waals surface area (Å²) in [6.07, 6.45) is 2.84. The quantitative estimate of drug-likeness (QED) is 0.806. The number of urea groups is 1. The number of halogens is 2. The fraction of sp³-hybridized carbons (Fsp3) is 0.250. The molecule has 0 aliphatic heterocycles. The van der Waals surface area contributed by atoms with E-state index in [9.17, 15) is 4.79 Å². The Morgan fingerprint density at radius 2 is 2.07 bits per heavy atom. The predicted octanol–water partition coefficient (Wildman–Crippen LogP) is 2.12. The predicted molar refractivity (Wildman–Crippen MR) is 59.8 cm³/mol. The third-order valence-electron chi connectivity index (χ3n) is 1.68. The molecule has 0 fully saturated rings. The highest BCUT2D eigenvalue weighted by Crippen LogP contribution is 2.28. The fourth-order valence-electron chi connectivity index (χ4n) is 0.943. The molecule has 0 unspecified atom stereocenters. The summed E-state index contributed by atoms with van der Waals surface area (Å²) in [6, 6.07) is -0.610. The molecule has 1 aromatic rings. The van der Waals surface area contributed by atoms with Crippen LogP contribution in [-0.2, 0) is 0 Å². The van der Waals surface area contributed by atoms with E-state index in [2.05, 4.69) is 10.4 Å². The molecule has 1 heterocycles. The van der Waals surface area contributed by atoms with Crippen LogP contribution in [-0.4, -0.2) is 22.6 Å². The van der Waals surface area contributed by atoms with E-state index in [1.807, 2.05) is 0 Å². The van der Waals surface area contributed by atoms with Gasteiger partial charge in [0, 0.05) is 18.9 Å². The molecule has 5 nitrogen and oxygen atoms in total. The molecular weight excluding hydrogens is 239 g/mol. The standard InChI is InChI=1S/C8H10Cl2N4O/c1-2-14(8(11)15)13-7-5(9)3-12-4-6(7)10/h3-4H,2H2,1H3,(H2,11,15)(H,12,13). The van der Waals surface area contributed by atoms with Gasteiger partial charge in [-0.3, -0.25) is 10.4 Å². The van der Waals surface area contributed by atoms with Crippen LogP contribution in [0.3, 0.4) is 0 Å². The first-order valence-corrected chi connectivity index (χ1v) is 4.94. The van der Waals surface area contributed by atoms with Crippen LogP contribution in [0.1, 0.15) is 6.92 Å². The number of pyridine rings is 1. The third-order valence-corrected chi connectivity index (χ3v) is 2.26. The number of amides is 2. The monoisotopic (exact) mass is 248 g/mol. The zero-order valence-electron chi connectivity index (χ0n) is 8.00. The van der Waals surface area contributed by atoms with Gasteiger partial charge >= 0.3 is 6.03 Å². The van der Waals surface area contributed by atoms with Gasteiger partial charge in [-0.25, -0.2) is 9.80 Å². The molecule has 15 heavy (non-hydrogen) atoms. The Morgan fingerprint density at radius 1 is 1.53 bits per heavy atom. The van der Waals surface area contributed by atoms with Crippen LogP contribution in [0.5, 0.6) is 0 Å². The van der Waals surface area contributed by atoms with Gasteiger partial charge in [-0.05, 0) is 6.92 Å². The van der Waals surface area contributed by atoms with E-state index >= 15 is 0 Å². The summed E-state index contributed by atoms with van der Waals surface area (Å²) < 4.78 is 0. The Labute approximate surface area is 97.1 Å². The van der Waals surface area contributed by atoms with Crippen molar-refractivity contribution < 1.29 is 4.79 Å². The summed E-state index contributed by atoms with van der Waals surface area (Å²) in [5.41, 5.74) is 8.25. The highest BCUT2D eigenvalue weighted by Gasteiger charge is 2.11. The van der Waals surface area contributed by atoms with Gasteiger partial charge in [0.25, 0.3) is 0 Å². The minimum Gasteiger partial charge on any atom is -0.350 e. The van der Waals surface area contributed by atoms with E-state index in [4.69, 9.17) is 28.9 Å². The molecule has 7 heteroatoms. The van der Waals surface area contributed by atoms with Gasteiger partial charge in [0.2, 0.25) is 0 Å². The number of hydrazine groups is 1. The van der Waals surface area contributed by atoms with Crippen molar-refractivity contribution in [1.29, 1.82) is 0 Å². The van der Waals surface area contributed by atoms with Crippen LogP contribution < -0.4 is 11.2 Å². The molecule has 0 saturated heterocycles. The zero-order chi connectivity index (χ0) is 11.4. The van der Waals surface area contributed by atoms with Crippen LogP contribution >= 0.6 is 23.2 Å². The van der Waals surface area contributed by atoms with E-state index in [-0.39, 0.29) is 0 Å².